The molecule has 2 atom stereocenters. The minimum Gasteiger partial charge on any atom is -0.497 e. The van der Waals surface area contributed by atoms with Crippen molar-refractivity contribution in [2.75, 3.05) is 13.7 Å². The molecule has 0 spiro atoms. The number of aromatic nitrogens is 2. The normalized spacial score (nSPS) is 18.2. The first-order chi connectivity index (χ1) is 15.5. The molecule has 32 heavy (non-hydrogen) atoms. The van der Waals surface area contributed by atoms with Gasteiger partial charge in [-0.3, -0.25) is 19.4 Å². The minimum atomic E-state index is -1.11. The molecule has 2 heterocycles. The highest BCUT2D eigenvalue weighted by molar-refractivity contribution is 9.10. The van der Waals surface area contributed by atoms with Gasteiger partial charge >= 0.3 is 0 Å². The average Bonchev–Trinajstić information content (AvgIpc) is 3.41. The topological polar surface area (TPSA) is 83.3 Å². The van der Waals surface area contributed by atoms with E-state index in [-0.39, 0.29) is 5.78 Å². The lowest BCUT2D eigenvalue weighted by atomic mass is 9.86. The number of methoxy groups -OCH3 is 1. The first-order valence-electron chi connectivity index (χ1n) is 10.3. The van der Waals surface area contributed by atoms with Crippen LogP contribution in [0.25, 0.3) is 0 Å². The van der Waals surface area contributed by atoms with Gasteiger partial charge in [0, 0.05) is 23.0 Å². The van der Waals surface area contributed by atoms with Crippen LogP contribution in [0.3, 0.4) is 0 Å². The second-order valence-electron chi connectivity index (χ2n) is 7.64. The van der Waals surface area contributed by atoms with Gasteiger partial charge < -0.3 is 9.64 Å². The quantitative estimate of drug-likeness (QED) is 0.225. The van der Waals surface area contributed by atoms with Crippen molar-refractivity contribution in [2.45, 2.75) is 19.0 Å². The summed E-state index contributed by atoms with van der Waals surface area (Å²) in [6.07, 6.45) is 6.19. The van der Waals surface area contributed by atoms with Crippen LogP contribution in [0.2, 0.25) is 0 Å². The standard InChI is InChI=1S/C24H22BrN3O4/c1-32-19-8-3-6-17(14-19)22(29)20-21(16-5-2-7-18(25)13-16)28(24(31)23(20)30)11-4-10-27-12-9-26-15-27/h2-3,5-9,12-15,20-21H,4,10-11H2,1H3/p+1. The number of nitrogens with zero attached hydrogens (tertiary/aromatic N) is 2. The number of hydrogen-bond acceptors (Lipinski definition) is 4. The molecule has 2 aromatic carbocycles. The maximum Gasteiger partial charge on any atom is 0.291 e. The molecule has 1 fully saturated rings. The minimum absolute atomic E-state index is 0.347. The van der Waals surface area contributed by atoms with Gasteiger partial charge in [-0.1, -0.05) is 40.2 Å². The highest BCUT2D eigenvalue weighted by Crippen LogP contribution is 2.39. The predicted octanol–water partition coefficient (Wildman–Crippen LogP) is 3.12. The summed E-state index contributed by atoms with van der Waals surface area (Å²) in [5.41, 5.74) is 1.09. The molecule has 1 saturated heterocycles. The van der Waals surface area contributed by atoms with Crippen molar-refractivity contribution in [1.82, 2.24) is 9.88 Å². The van der Waals surface area contributed by atoms with E-state index in [1.807, 2.05) is 47.6 Å². The van der Waals surface area contributed by atoms with E-state index < -0.39 is 23.7 Å². The third kappa shape index (κ3) is 4.36. The van der Waals surface area contributed by atoms with Gasteiger partial charge in [-0.25, -0.2) is 4.57 Å². The summed E-state index contributed by atoms with van der Waals surface area (Å²) in [6, 6.07) is 13.4. The number of ketones is 2. The highest BCUT2D eigenvalue weighted by Gasteiger charge is 2.51. The van der Waals surface area contributed by atoms with Crippen molar-refractivity contribution < 1.29 is 23.7 Å². The molecule has 1 aliphatic rings. The fourth-order valence-electron chi connectivity index (χ4n) is 4.13. The number of benzene rings is 2. The number of aromatic amines is 1. The molecule has 0 radical (unpaired) electrons. The van der Waals surface area contributed by atoms with E-state index in [1.54, 1.807) is 29.2 Å². The highest BCUT2D eigenvalue weighted by atomic mass is 79.9. The van der Waals surface area contributed by atoms with Gasteiger partial charge in [-0.2, -0.15) is 0 Å². The van der Waals surface area contributed by atoms with Crippen LogP contribution in [0.15, 0.2) is 71.7 Å². The number of halogens is 1. The number of carbonyl (C=O) groups excluding carboxylic acids is 3. The largest absolute Gasteiger partial charge is 0.497 e. The number of carbonyl (C=O) groups is 3. The number of hydrogen-bond donors (Lipinski definition) is 1. The zero-order chi connectivity index (χ0) is 22.7. The number of imidazole rings is 1. The zero-order valence-electron chi connectivity index (χ0n) is 17.5. The van der Waals surface area contributed by atoms with Crippen molar-refractivity contribution in [3.63, 3.8) is 0 Å². The molecular weight excluding hydrogens is 474 g/mol. The van der Waals surface area contributed by atoms with E-state index in [0.717, 1.165) is 10.0 Å². The summed E-state index contributed by atoms with van der Waals surface area (Å²) in [5, 5.41) is 0. The second kappa shape index (κ2) is 9.48. The molecule has 0 bridgehead atoms. The van der Waals surface area contributed by atoms with Gasteiger partial charge in [-0.15, -0.1) is 0 Å². The van der Waals surface area contributed by atoms with E-state index in [4.69, 9.17) is 4.74 Å². The number of nitrogens with one attached hydrogen (secondary N) is 1. The van der Waals surface area contributed by atoms with Crippen LogP contribution < -0.4 is 9.30 Å². The summed E-state index contributed by atoms with van der Waals surface area (Å²) in [7, 11) is 1.52. The van der Waals surface area contributed by atoms with Gasteiger partial charge in [0.05, 0.1) is 19.7 Å². The molecule has 2 unspecified atom stereocenters. The van der Waals surface area contributed by atoms with Crippen LogP contribution in [0.1, 0.15) is 28.4 Å². The maximum atomic E-state index is 13.5. The number of H-pyrrole nitrogens is 1. The molecule has 0 saturated carbocycles. The lowest BCUT2D eigenvalue weighted by Crippen LogP contribution is -2.36. The number of likely N-dealkylation sites (tertiary alicyclic amines) is 1. The SMILES string of the molecule is COc1cccc(C(=O)C2C(=O)C(=O)N(CCC[n+]3cc[nH]c3)C2c2cccc(Br)c2)c1. The van der Waals surface area contributed by atoms with E-state index in [9.17, 15) is 14.4 Å². The molecule has 7 nitrogen and oxygen atoms in total. The molecule has 8 heteroatoms. The lowest BCUT2D eigenvalue weighted by molar-refractivity contribution is -0.695. The number of aryl methyl sites for hydroxylation is 1. The molecule has 1 N–H and O–H groups in total. The Hall–Kier alpha value is -3.26. The van der Waals surface area contributed by atoms with E-state index in [0.29, 0.717) is 30.8 Å². The second-order valence-corrected chi connectivity index (χ2v) is 8.56. The molecule has 1 aromatic heterocycles. The smallest absolute Gasteiger partial charge is 0.291 e. The molecular formula is C24H23BrN3O4+. The first-order valence-corrected chi connectivity index (χ1v) is 11.1. The van der Waals surface area contributed by atoms with Crippen molar-refractivity contribution in [3.8, 4) is 5.75 Å². The van der Waals surface area contributed by atoms with Gasteiger partial charge in [0.25, 0.3) is 5.91 Å². The van der Waals surface area contributed by atoms with Crippen LogP contribution in [0, 0.1) is 5.92 Å². The number of Topliss-reactive ketones (excluding diaryl/α,β-unsaturated/α-hetero) is 2. The maximum absolute atomic E-state index is 13.5. The molecule has 3 aromatic rings. The first kappa shape index (κ1) is 22.0. The Bertz CT molecular complexity index is 1150. The molecule has 1 amide bonds. The van der Waals surface area contributed by atoms with Gasteiger partial charge in [0.15, 0.2) is 5.78 Å². The zero-order valence-corrected chi connectivity index (χ0v) is 19.1. The molecule has 164 valence electrons. The van der Waals surface area contributed by atoms with E-state index in [1.165, 1.54) is 7.11 Å². The molecule has 0 aliphatic carbocycles. The fourth-order valence-corrected chi connectivity index (χ4v) is 4.55. The summed E-state index contributed by atoms with van der Waals surface area (Å²) >= 11 is 3.46. The third-order valence-electron chi connectivity index (χ3n) is 5.65. The van der Waals surface area contributed by atoms with Crippen LogP contribution >= 0.6 is 15.9 Å². The average molecular weight is 497 g/mol. The van der Waals surface area contributed by atoms with Crippen LogP contribution in [0.5, 0.6) is 5.75 Å². The Morgan fingerprint density at radius 2 is 2.00 bits per heavy atom. The molecule has 4 rings (SSSR count). The summed E-state index contributed by atoms with van der Waals surface area (Å²) in [4.78, 5) is 44.1. The Labute approximate surface area is 194 Å². The van der Waals surface area contributed by atoms with Crippen molar-refractivity contribution in [2.24, 2.45) is 5.92 Å². The lowest BCUT2D eigenvalue weighted by Gasteiger charge is -2.27. The number of rotatable bonds is 8. The Balaban J connectivity index is 1.67. The van der Waals surface area contributed by atoms with Gasteiger partial charge in [0.2, 0.25) is 12.1 Å². The summed E-state index contributed by atoms with van der Waals surface area (Å²) in [6.45, 7) is 1.04. The van der Waals surface area contributed by atoms with Gasteiger partial charge in [-0.05, 0) is 29.8 Å². The van der Waals surface area contributed by atoms with Crippen LogP contribution in [-0.4, -0.2) is 41.0 Å². The van der Waals surface area contributed by atoms with Crippen LogP contribution in [-0.2, 0) is 16.1 Å². The third-order valence-corrected chi connectivity index (χ3v) is 6.14. The van der Waals surface area contributed by atoms with E-state index >= 15 is 0 Å². The summed E-state index contributed by atoms with van der Waals surface area (Å²) < 4.78 is 8.01. The Morgan fingerprint density at radius 3 is 2.72 bits per heavy atom. The fraction of sp³-hybridized carbons (Fsp3) is 0.250. The monoisotopic (exact) mass is 496 g/mol. The number of ether oxygens (including phenoxy) is 1. The van der Waals surface area contributed by atoms with Crippen molar-refractivity contribution >= 4 is 33.4 Å². The predicted molar refractivity (Wildman–Crippen MR) is 120 cm³/mol. The Kier molecular flexibility index (Phi) is 6.50. The summed E-state index contributed by atoms with van der Waals surface area (Å²) in [5.74, 6) is -2.25. The van der Waals surface area contributed by atoms with E-state index in [2.05, 4.69) is 20.9 Å². The molecule has 1 aliphatic heterocycles. The van der Waals surface area contributed by atoms with Gasteiger partial charge in [0.1, 0.15) is 24.1 Å². The van der Waals surface area contributed by atoms with Crippen LogP contribution in [0.4, 0.5) is 0 Å². The van der Waals surface area contributed by atoms with Crippen molar-refractivity contribution in [1.29, 1.82) is 0 Å². The van der Waals surface area contributed by atoms with Crippen molar-refractivity contribution in [3.05, 3.63) is 82.9 Å². The Morgan fingerprint density at radius 1 is 1.19 bits per heavy atom. The number of amides is 1.